The first kappa shape index (κ1) is 17.2. The normalized spacial score (nSPS) is 24.2. The number of rotatable bonds is 5. The summed E-state index contributed by atoms with van der Waals surface area (Å²) in [5, 5.41) is 15.7. The molecule has 132 valence electrons. The second kappa shape index (κ2) is 8.49. The first-order valence-corrected chi connectivity index (χ1v) is 9.24. The molecular weight excluding hydrogens is 302 g/mol. The molecule has 3 N–H and O–H groups in total. The number of carbonyl (C=O) groups excluding carboxylic acids is 1. The first-order chi connectivity index (χ1) is 11.7. The van der Waals surface area contributed by atoms with Crippen molar-refractivity contribution >= 4 is 6.03 Å². The summed E-state index contributed by atoms with van der Waals surface area (Å²) in [5.41, 5.74) is 2.90. The van der Waals surface area contributed by atoms with Gasteiger partial charge in [0.2, 0.25) is 0 Å². The van der Waals surface area contributed by atoms with Crippen molar-refractivity contribution in [2.75, 3.05) is 19.6 Å². The van der Waals surface area contributed by atoms with Gasteiger partial charge in [0, 0.05) is 26.2 Å². The van der Waals surface area contributed by atoms with Crippen LogP contribution in [0.15, 0.2) is 24.3 Å². The van der Waals surface area contributed by atoms with E-state index in [9.17, 15) is 9.90 Å². The van der Waals surface area contributed by atoms with Gasteiger partial charge < -0.3 is 15.7 Å². The lowest BCUT2D eigenvalue weighted by Crippen LogP contribution is -2.49. The van der Waals surface area contributed by atoms with Crippen LogP contribution in [0.25, 0.3) is 0 Å². The molecule has 0 saturated heterocycles. The Kier molecular flexibility index (Phi) is 6.10. The summed E-state index contributed by atoms with van der Waals surface area (Å²) in [5.74, 6) is 0. The summed E-state index contributed by atoms with van der Waals surface area (Å²) in [7, 11) is 0. The molecule has 5 nitrogen and oxygen atoms in total. The first-order valence-electron chi connectivity index (χ1n) is 9.24. The highest BCUT2D eigenvalue weighted by molar-refractivity contribution is 5.74. The molecule has 1 heterocycles. The van der Waals surface area contributed by atoms with Gasteiger partial charge in [-0.25, -0.2) is 4.79 Å². The Morgan fingerprint density at radius 2 is 2.00 bits per heavy atom. The second-order valence-corrected chi connectivity index (χ2v) is 7.01. The van der Waals surface area contributed by atoms with Crippen LogP contribution in [0.1, 0.15) is 43.2 Å². The fourth-order valence-electron chi connectivity index (χ4n) is 3.75. The van der Waals surface area contributed by atoms with Gasteiger partial charge in [-0.1, -0.05) is 37.1 Å². The highest BCUT2D eigenvalue weighted by atomic mass is 16.3. The number of fused-ring (bicyclic) bond motifs is 1. The fourth-order valence-corrected chi connectivity index (χ4v) is 3.75. The number of urea groups is 1. The molecule has 1 fully saturated rings. The molecule has 0 unspecified atom stereocenters. The maximum Gasteiger partial charge on any atom is 0.315 e. The Labute approximate surface area is 144 Å². The number of amides is 2. The molecule has 2 aliphatic rings. The third-order valence-electron chi connectivity index (χ3n) is 5.19. The number of aliphatic hydroxyl groups excluding tert-OH is 1. The monoisotopic (exact) mass is 331 g/mol. The predicted octanol–water partition coefficient (Wildman–Crippen LogP) is 2.04. The molecule has 1 aromatic rings. The lowest BCUT2D eigenvalue weighted by molar-refractivity contribution is 0.0943. The van der Waals surface area contributed by atoms with Crippen molar-refractivity contribution in [2.45, 2.75) is 57.2 Å². The van der Waals surface area contributed by atoms with Crippen molar-refractivity contribution in [3.05, 3.63) is 35.4 Å². The van der Waals surface area contributed by atoms with Crippen LogP contribution in [0.3, 0.4) is 0 Å². The zero-order valence-corrected chi connectivity index (χ0v) is 14.3. The minimum Gasteiger partial charge on any atom is -0.391 e. The molecule has 1 saturated carbocycles. The molecule has 2 amide bonds. The molecule has 0 aromatic heterocycles. The van der Waals surface area contributed by atoms with Crippen LogP contribution in [0.5, 0.6) is 0 Å². The summed E-state index contributed by atoms with van der Waals surface area (Å²) < 4.78 is 0. The quantitative estimate of drug-likeness (QED) is 0.724. The number of aliphatic hydroxyl groups is 1. The fraction of sp³-hybridized carbons (Fsp3) is 0.632. The second-order valence-electron chi connectivity index (χ2n) is 7.01. The molecule has 2 atom stereocenters. The number of hydrogen-bond donors (Lipinski definition) is 3. The van der Waals surface area contributed by atoms with E-state index >= 15 is 0 Å². The van der Waals surface area contributed by atoms with E-state index in [1.165, 1.54) is 11.1 Å². The van der Waals surface area contributed by atoms with Crippen LogP contribution in [0, 0.1) is 0 Å². The number of hydrogen-bond acceptors (Lipinski definition) is 3. The maximum absolute atomic E-state index is 11.9. The van der Waals surface area contributed by atoms with Crippen LogP contribution in [0.4, 0.5) is 4.79 Å². The molecule has 24 heavy (non-hydrogen) atoms. The van der Waals surface area contributed by atoms with Gasteiger partial charge in [-0.15, -0.1) is 0 Å². The maximum atomic E-state index is 11.9. The SMILES string of the molecule is O=C(NCCCN1CCc2ccccc2C1)N[C@@H]1CCCC[C@@H]1O. The van der Waals surface area contributed by atoms with E-state index < -0.39 is 6.10 Å². The molecule has 0 radical (unpaired) electrons. The van der Waals surface area contributed by atoms with Crippen molar-refractivity contribution in [3.8, 4) is 0 Å². The number of benzene rings is 1. The molecule has 3 rings (SSSR count). The molecule has 1 aliphatic heterocycles. The van der Waals surface area contributed by atoms with Crippen molar-refractivity contribution in [1.29, 1.82) is 0 Å². The van der Waals surface area contributed by atoms with E-state index in [0.29, 0.717) is 6.54 Å². The zero-order valence-electron chi connectivity index (χ0n) is 14.3. The Balaban J connectivity index is 1.32. The van der Waals surface area contributed by atoms with Crippen LogP contribution in [-0.4, -0.2) is 47.8 Å². The van der Waals surface area contributed by atoms with Gasteiger partial charge in [0.25, 0.3) is 0 Å². The molecule has 1 aliphatic carbocycles. The largest absolute Gasteiger partial charge is 0.391 e. The van der Waals surface area contributed by atoms with Crippen LogP contribution >= 0.6 is 0 Å². The number of nitrogens with one attached hydrogen (secondary N) is 2. The van der Waals surface area contributed by atoms with E-state index in [1.807, 2.05) is 0 Å². The van der Waals surface area contributed by atoms with Crippen LogP contribution in [-0.2, 0) is 13.0 Å². The summed E-state index contributed by atoms with van der Waals surface area (Å²) in [4.78, 5) is 14.4. The van der Waals surface area contributed by atoms with Crippen LogP contribution in [0.2, 0.25) is 0 Å². The lowest BCUT2D eigenvalue weighted by atomic mass is 9.93. The van der Waals surface area contributed by atoms with Gasteiger partial charge >= 0.3 is 6.03 Å². The van der Waals surface area contributed by atoms with E-state index in [-0.39, 0.29) is 12.1 Å². The Bertz CT molecular complexity index is 549. The van der Waals surface area contributed by atoms with Gasteiger partial charge in [-0.05, 0) is 36.8 Å². The molecule has 0 spiro atoms. The standard InChI is InChI=1S/C19H29N3O2/c23-18-9-4-3-8-17(18)21-19(24)20-11-5-12-22-13-10-15-6-1-2-7-16(15)14-22/h1-2,6-7,17-18,23H,3-5,8-14H2,(H2,20,21,24)/t17-,18+/m1/s1. The van der Waals surface area contributed by atoms with Crippen molar-refractivity contribution in [3.63, 3.8) is 0 Å². The highest BCUT2D eigenvalue weighted by Crippen LogP contribution is 2.19. The average molecular weight is 331 g/mol. The Morgan fingerprint density at radius 3 is 2.83 bits per heavy atom. The van der Waals surface area contributed by atoms with Gasteiger partial charge in [0.1, 0.15) is 0 Å². The highest BCUT2D eigenvalue weighted by Gasteiger charge is 2.24. The molecular formula is C19H29N3O2. The summed E-state index contributed by atoms with van der Waals surface area (Å²) >= 11 is 0. The van der Waals surface area contributed by atoms with E-state index in [1.54, 1.807) is 0 Å². The molecule has 0 bridgehead atoms. The van der Waals surface area contributed by atoms with Gasteiger partial charge in [-0.2, -0.15) is 0 Å². The van der Waals surface area contributed by atoms with E-state index in [2.05, 4.69) is 39.8 Å². The van der Waals surface area contributed by atoms with E-state index in [0.717, 1.165) is 58.2 Å². The topological polar surface area (TPSA) is 64.6 Å². The minimum atomic E-state index is -0.391. The van der Waals surface area contributed by atoms with Gasteiger partial charge in [-0.3, -0.25) is 4.90 Å². The third-order valence-corrected chi connectivity index (χ3v) is 5.19. The lowest BCUT2D eigenvalue weighted by Gasteiger charge is -2.29. The van der Waals surface area contributed by atoms with Crippen molar-refractivity contribution in [1.82, 2.24) is 15.5 Å². The van der Waals surface area contributed by atoms with E-state index in [4.69, 9.17) is 0 Å². The zero-order chi connectivity index (χ0) is 16.8. The average Bonchev–Trinajstić information content (AvgIpc) is 2.60. The van der Waals surface area contributed by atoms with Gasteiger partial charge in [0.05, 0.1) is 12.1 Å². The number of nitrogens with zero attached hydrogens (tertiary/aromatic N) is 1. The minimum absolute atomic E-state index is 0.0858. The Morgan fingerprint density at radius 1 is 1.21 bits per heavy atom. The molecule has 5 heteroatoms. The van der Waals surface area contributed by atoms with Gasteiger partial charge in [0.15, 0.2) is 0 Å². The molecule has 1 aromatic carbocycles. The third kappa shape index (κ3) is 4.71. The van der Waals surface area contributed by atoms with Crippen molar-refractivity contribution in [2.24, 2.45) is 0 Å². The van der Waals surface area contributed by atoms with Crippen molar-refractivity contribution < 1.29 is 9.90 Å². The smallest absolute Gasteiger partial charge is 0.315 e. The number of carbonyl (C=O) groups is 1. The van der Waals surface area contributed by atoms with Crippen LogP contribution < -0.4 is 10.6 Å². The Hall–Kier alpha value is -1.59. The summed E-state index contributed by atoms with van der Waals surface area (Å²) in [6.07, 6.45) is 5.48. The summed E-state index contributed by atoms with van der Waals surface area (Å²) in [6, 6.07) is 8.41. The predicted molar refractivity (Wildman–Crippen MR) is 94.8 cm³/mol. The summed E-state index contributed by atoms with van der Waals surface area (Å²) in [6.45, 7) is 3.78.